The summed E-state index contributed by atoms with van der Waals surface area (Å²) in [5.74, 6) is 0.443. The highest BCUT2D eigenvalue weighted by molar-refractivity contribution is 7.80. The Hall–Kier alpha value is -2.40. The number of carbonyl (C=O) groups is 1. The van der Waals surface area contributed by atoms with E-state index in [2.05, 4.69) is 31.4 Å². The van der Waals surface area contributed by atoms with E-state index in [4.69, 9.17) is 17.0 Å². The van der Waals surface area contributed by atoms with Crippen molar-refractivity contribution in [1.82, 2.24) is 5.32 Å². The number of nitrogens with one attached hydrogen (secondary N) is 2. The van der Waals surface area contributed by atoms with Gasteiger partial charge in [-0.1, -0.05) is 45.0 Å². The molecular weight excluding hydrogens is 344 g/mol. The topological polar surface area (TPSA) is 50.4 Å². The van der Waals surface area contributed by atoms with Crippen LogP contribution in [0.4, 0.5) is 5.69 Å². The number of ether oxygens (including phenoxy) is 1. The second-order valence-electron chi connectivity index (χ2n) is 7.40. The zero-order valence-corrected chi connectivity index (χ0v) is 16.7. The van der Waals surface area contributed by atoms with E-state index < -0.39 is 0 Å². The molecule has 0 aliphatic rings. The first-order valence-corrected chi connectivity index (χ1v) is 9.06. The highest BCUT2D eigenvalue weighted by Crippen LogP contribution is 2.25. The molecule has 0 atom stereocenters. The van der Waals surface area contributed by atoms with Crippen LogP contribution >= 0.6 is 12.2 Å². The smallest absolute Gasteiger partial charge is 0.257 e. The van der Waals surface area contributed by atoms with E-state index in [0.717, 1.165) is 5.69 Å². The first-order valence-electron chi connectivity index (χ1n) is 8.65. The number of carbonyl (C=O) groups excluding carboxylic acids is 1. The van der Waals surface area contributed by atoms with Crippen molar-refractivity contribution < 1.29 is 9.53 Å². The third-order valence-electron chi connectivity index (χ3n) is 3.74. The van der Waals surface area contributed by atoms with Gasteiger partial charge in [-0.2, -0.15) is 0 Å². The molecule has 2 aromatic carbocycles. The van der Waals surface area contributed by atoms with Crippen LogP contribution in [0, 0.1) is 0 Å². The summed E-state index contributed by atoms with van der Waals surface area (Å²) in [5, 5.41) is 5.97. The number of para-hydroxylation sites is 2. The van der Waals surface area contributed by atoms with Crippen molar-refractivity contribution in [2.75, 3.05) is 5.32 Å². The van der Waals surface area contributed by atoms with Crippen LogP contribution in [0.5, 0.6) is 5.75 Å². The third kappa shape index (κ3) is 5.56. The van der Waals surface area contributed by atoms with E-state index in [1.165, 1.54) is 5.56 Å². The number of rotatable bonds is 4. The molecule has 0 bridgehead atoms. The molecule has 0 aliphatic carbocycles. The molecule has 0 radical (unpaired) electrons. The second-order valence-corrected chi connectivity index (χ2v) is 7.81. The zero-order valence-electron chi connectivity index (χ0n) is 15.9. The maximum Gasteiger partial charge on any atom is 0.257 e. The van der Waals surface area contributed by atoms with Crippen molar-refractivity contribution >= 4 is 28.9 Å². The Morgan fingerprint density at radius 3 is 2.23 bits per heavy atom. The molecule has 2 aromatic rings. The van der Waals surface area contributed by atoms with Gasteiger partial charge in [-0.15, -0.1) is 0 Å². The lowest BCUT2D eigenvalue weighted by atomic mass is 9.87. The van der Waals surface area contributed by atoms with Crippen LogP contribution in [-0.4, -0.2) is 17.1 Å². The summed E-state index contributed by atoms with van der Waals surface area (Å²) in [6, 6.07) is 15.1. The standard InChI is InChI=1S/C21H26N2O2S/c1-14(2)25-18-9-7-6-8-17(18)22-20(26)23-19(24)15-10-12-16(13-11-15)21(3,4)5/h6-14H,1-5H3,(H2,22,23,24,26). The molecule has 0 aromatic heterocycles. The number of anilines is 1. The molecule has 4 nitrogen and oxygen atoms in total. The van der Waals surface area contributed by atoms with Gasteiger partial charge >= 0.3 is 0 Å². The maximum absolute atomic E-state index is 12.4. The molecule has 2 rings (SSSR count). The van der Waals surface area contributed by atoms with E-state index in [1.807, 2.05) is 62.4 Å². The minimum atomic E-state index is -0.245. The maximum atomic E-state index is 12.4. The SMILES string of the molecule is CC(C)Oc1ccccc1NC(=S)NC(=O)c1ccc(C(C)(C)C)cc1. The first-order chi connectivity index (χ1) is 12.2. The Kier molecular flexibility index (Phi) is 6.37. The van der Waals surface area contributed by atoms with E-state index in [-0.39, 0.29) is 22.5 Å². The predicted molar refractivity (Wildman–Crippen MR) is 111 cm³/mol. The van der Waals surface area contributed by atoms with Gasteiger partial charge in [0.1, 0.15) is 5.75 Å². The number of hydrogen-bond donors (Lipinski definition) is 2. The summed E-state index contributed by atoms with van der Waals surface area (Å²) in [5.41, 5.74) is 2.50. The molecule has 2 N–H and O–H groups in total. The van der Waals surface area contributed by atoms with Gasteiger partial charge < -0.3 is 10.1 Å². The van der Waals surface area contributed by atoms with Crippen LogP contribution in [0.25, 0.3) is 0 Å². The van der Waals surface area contributed by atoms with Crippen LogP contribution in [0.3, 0.4) is 0 Å². The van der Waals surface area contributed by atoms with Crippen molar-refractivity contribution in [1.29, 1.82) is 0 Å². The quantitative estimate of drug-likeness (QED) is 0.752. The zero-order chi connectivity index (χ0) is 19.3. The third-order valence-corrected chi connectivity index (χ3v) is 3.94. The molecule has 0 saturated carbocycles. The van der Waals surface area contributed by atoms with Crippen LogP contribution < -0.4 is 15.4 Å². The monoisotopic (exact) mass is 370 g/mol. The molecular formula is C21H26N2O2S. The lowest BCUT2D eigenvalue weighted by molar-refractivity contribution is 0.0977. The normalized spacial score (nSPS) is 11.2. The van der Waals surface area contributed by atoms with E-state index in [1.54, 1.807) is 0 Å². The van der Waals surface area contributed by atoms with Gasteiger partial charge in [0.05, 0.1) is 11.8 Å². The Labute approximate surface area is 161 Å². The molecule has 0 fully saturated rings. The van der Waals surface area contributed by atoms with E-state index in [0.29, 0.717) is 11.3 Å². The number of thiocarbonyl (C=S) groups is 1. The number of benzene rings is 2. The largest absolute Gasteiger partial charge is 0.489 e. The Morgan fingerprint density at radius 2 is 1.65 bits per heavy atom. The van der Waals surface area contributed by atoms with Gasteiger partial charge in [0.2, 0.25) is 0 Å². The van der Waals surface area contributed by atoms with Crippen molar-refractivity contribution in [2.24, 2.45) is 0 Å². The molecule has 0 saturated heterocycles. The summed E-state index contributed by atoms with van der Waals surface area (Å²) in [6.45, 7) is 10.3. The summed E-state index contributed by atoms with van der Waals surface area (Å²) in [6.07, 6.45) is 0.0439. The van der Waals surface area contributed by atoms with Crippen LogP contribution in [0.15, 0.2) is 48.5 Å². The van der Waals surface area contributed by atoms with Gasteiger partial charge in [-0.25, -0.2) is 0 Å². The minimum absolute atomic E-state index is 0.0439. The summed E-state index contributed by atoms with van der Waals surface area (Å²) < 4.78 is 5.75. The highest BCUT2D eigenvalue weighted by atomic mass is 32.1. The summed E-state index contributed by atoms with van der Waals surface area (Å²) >= 11 is 5.27. The van der Waals surface area contributed by atoms with Gasteiger partial charge in [0, 0.05) is 5.56 Å². The second kappa shape index (κ2) is 8.32. The molecule has 0 spiro atoms. The fourth-order valence-electron chi connectivity index (χ4n) is 2.38. The number of amides is 1. The first kappa shape index (κ1) is 19.9. The molecule has 26 heavy (non-hydrogen) atoms. The lowest BCUT2D eigenvalue weighted by Gasteiger charge is -2.19. The Morgan fingerprint density at radius 1 is 1.04 bits per heavy atom. The average Bonchev–Trinajstić information content (AvgIpc) is 2.55. The van der Waals surface area contributed by atoms with Crippen LogP contribution in [-0.2, 0) is 5.41 Å². The minimum Gasteiger partial charge on any atom is -0.489 e. The van der Waals surface area contributed by atoms with E-state index in [9.17, 15) is 4.79 Å². The highest BCUT2D eigenvalue weighted by Gasteiger charge is 2.15. The van der Waals surface area contributed by atoms with Gasteiger partial charge in [-0.3, -0.25) is 10.1 Å². The summed E-state index contributed by atoms with van der Waals surface area (Å²) in [4.78, 5) is 12.4. The molecule has 0 aliphatic heterocycles. The van der Waals surface area contributed by atoms with Crippen molar-refractivity contribution in [3.63, 3.8) is 0 Å². The van der Waals surface area contributed by atoms with Gasteiger partial charge in [-0.05, 0) is 61.3 Å². The Balaban J connectivity index is 2.03. The molecule has 5 heteroatoms. The van der Waals surface area contributed by atoms with Crippen LogP contribution in [0.2, 0.25) is 0 Å². The molecule has 0 heterocycles. The van der Waals surface area contributed by atoms with E-state index >= 15 is 0 Å². The van der Waals surface area contributed by atoms with Crippen molar-refractivity contribution in [2.45, 2.75) is 46.1 Å². The lowest BCUT2D eigenvalue weighted by Crippen LogP contribution is -2.34. The van der Waals surface area contributed by atoms with Crippen LogP contribution in [0.1, 0.15) is 50.5 Å². The Bertz CT molecular complexity index is 777. The molecule has 0 unspecified atom stereocenters. The van der Waals surface area contributed by atoms with Gasteiger partial charge in [0.25, 0.3) is 5.91 Å². The fourth-order valence-corrected chi connectivity index (χ4v) is 2.58. The summed E-state index contributed by atoms with van der Waals surface area (Å²) in [7, 11) is 0. The van der Waals surface area contributed by atoms with Gasteiger partial charge in [0.15, 0.2) is 5.11 Å². The molecule has 138 valence electrons. The molecule has 1 amide bonds. The predicted octanol–water partition coefficient (Wildman–Crippen LogP) is 4.90. The van der Waals surface area contributed by atoms with Crippen molar-refractivity contribution in [3.8, 4) is 5.75 Å². The van der Waals surface area contributed by atoms with Crippen molar-refractivity contribution in [3.05, 3.63) is 59.7 Å². The fraction of sp³-hybridized carbons (Fsp3) is 0.333. The number of hydrogen-bond acceptors (Lipinski definition) is 3. The average molecular weight is 371 g/mol.